The molecule has 8 nitrogen and oxygen atoms in total. The topological polar surface area (TPSA) is 94.5 Å². The van der Waals surface area contributed by atoms with Crippen LogP contribution in [-0.2, 0) is 0 Å². The number of carbonyl (C=O) groups is 1. The minimum absolute atomic E-state index is 0.0341. The molecule has 1 aliphatic heterocycles. The van der Waals surface area contributed by atoms with Crippen molar-refractivity contribution < 1.29 is 9.72 Å². The highest BCUT2D eigenvalue weighted by Gasteiger charge is 2.23. The van der Waals surface area contributed by atoms with Gasteiger partial charge >= 0.3 is 0 Å². The van der Waals surface area contributed by atoms with E-state index in [0.717, 1.165) is 31.7 Å². The zero-order valence-corrected chi connectivity index (χ0v) is 16.9. The second-order valence-electron chi connectivity index (χ2n) is 7.73. The number of nitrogens with zero attached hydrogens (tertiary/aromatic N) is 3. The number of fused-ring (bicyclic) bond motifs is 1. The van der Waals surface area contributed by atoms with Crippen molar-refractivity contribution in [2.75, 3.05) is 39.8 Å². The summed E-state index contributed by atoms with van der Waals surface area (Å²) >= 11 is 0. The Bertz CT molecular complexity index is 1040. The largest absolute Gasteiger partial charge is 0.360 e. The van der Waals surface area contributed by atoms with Gasteiger partial charge in [0.05, 0.1) is 16.5 Å². The van der Waals surface area contributed by atoms with E-state index in [1.165, 1.54) is 12.1 Å². The highest BCUT2D eigenvalue weighted by molar-refractivity contribution is 6.07. The van der Waals surface area contributed by atoms with Gasteiger partial charge < -0.3 is 15.2 Å². The SMILES string of the molecule is CN1CCN(CC(NC(=O)c2c[nH]c3ccc([N+](=O)[O-])cc23)c2ccccc2)CC1. The van der Waals surface area contributed by atoms with Gasteiger partial charge in [-0.05, 0) is 18.7 Å². The van der Waals surface area contributed by atoms with Crippen molar-refractivity contribution in [3.63, 3.8) is 0 Å². The third kappa shape index (κ3) is 4.34. The molecule has 1 aliphatic rings. The molecule has 1 amide bonds. The van der Waals surface area contributed by atoms with Gasteiger partial charge in [-0.3, -0.25) is 19.8 Å². The fourth-order valence-corrected chi connectivity index (χ4v) is 3.85. The average molecular weight is 407 g/mol. The molecule has 1 fully saturated rings. The third-order valence-electron chi connectivity index (χ3n) is 5.66. The number of non-ortho nitro benzene ring substituents is 1. The van der Waals surface area contributed by atoms with Gasteiger partial charge in [-0.2, -0.15) is 0 Å². The van der Waals surface area contributed by atoms with Gasteiger partial charge in [0.15, 0.2) is 0 Å². The number of carbonyl (C=O) groups excluding carboxylic acids is 1. The Balaban J connectivity index is 1.58. The molecule has 0 saturated carbocycles. The minimum Gasteiger partial charge on any atom is -0.360 e. The average Bonchev–Trinajstić information content (AvgIpc) is 3.19. The zero-order valence-electron chi connectivity index (χ0n) is 16.9. The van der Waals surface area contributed by atoms with Crippen LogP contribution in [0.3, 0.4) is 0 Å². The number of aromatic nitrogens is 1. The number of hydrogen-bond donors (Lipinski definition) is 2. The van der Waals surface area contributed by atoms with Crippen LogP contribution in [0.15, 0.2) is 54.7 Å². The van der Waals surface area contributed by atoms with Crippen molar-refractivity contribution in [3.8, 4) is 0 Å². The number of rotatable bonds is 6. The molecule has 1 aromatic heterocycles. The van der Waals surface area contributed by atoms with Crippen LogP contribution >= 0.6 is 0 Å². The van der Waals surface area contributed by atoms with Crippen molar-refractivity contribution >= 4 is 22.5 Å². The second kappa shape index (κ2) is 8.64. The number of nitro benzene ring substituents is 1. The molecule has 1 atom stereocenters. The number of H-pyrrole nitrogens is 1. The molecule has 0 spiro atoms. The number of piperazine rings is 1. The Morgan fingerprint density at radius 1 is 1.17 bits per heavy atom. The summed E-state index contributed by atoms with van der Waals surface area (Å²) in [5.41, 5.74) is 2.11. The second-order valence-corrected chi connectivity index (χ2v) is 7.73. The van der Waals surface area contributed by atoms with Gasteiger partial charge in [-0.25, -0.2) is 0 Å². The molecule has 2 heterocycles. The molecule has 2 N–H and O–H groups in total. The minimum atomic E-state index is -0.450. The highest BCUT2D eigenvalue weighted by Crippen LogP contribution is 2.25. The predicted octanol–water partition coefficient (Wildman–Crippen LogP) is 2.79. The van der Waals surface area contributed by atoms with Crippen LogP contribution in [0, 0.1) is 10.1 Å². The first-order valence-electron chi connectivity index (χ1n) is 10.0. The van der Waals surface area contributed by atoms with E-state index in [1.807, 2.05) is 30.3 Å². The van der Waals surface area contributed by atoms with Crippen LogP contribution < -0.4 is 5.32 Å². The van der Waals surface area contributed by atoms with Gasteiger partial charge in [-0.1, -0.05) is 30.3 Å². The van der Waals surface area contributed by atoms with Gasteiger partial charge in [-0.15, -0.1) is 0 Å². The number of aromatic amines is 1. The summed E-state index contributed by atoms with van der Waals surface area (Å²) < 4.78 is 0. The Morgan fingerprint density at radius 2 is 1.90 bits per heavy atom. The van der Waals surface area contributed by atoms with Crippen LogP contribution in [0.1, 0.15) is 22.0 Å². The molecule has 1 unspecified atom stereocenters. The van der Waals surface area contributed by atoms with Crippen LogP contribution in [0.25, 0.3) is 10.9 Å². The lowest BCUT2D eigenvalue weighted by Crippen LogP contribution is -2.47. The smallest absolute Gasteiger partial charge is 0.270 e. The summed E-state index contributed by atoms with van der Waals surface area (Å²) in [5, 5.41) is 14.8. The number of amides is 1. The first kappa shape index (κ1) is 20.1. The maximum absolute atomic E-state index is 13.2. The number of nitro groups is 1. The van der Waals surface area contributed by atoms with E-state index in [9.17, 15) is 14.9 Å². The van der Waals surface area contributed by atoms with E-state index in [2.05, 4.69) is 27.1 Å². The number of hydrogen-bond acceptors (Lipinski definition) is 5. The molecule has 0 bridgehead atoms. The van der Waals surface area contributed by atoms with Crippen LogP contribution in [0.5, 0.6) is 0 Å². The van der Waals surface area contributed by atoms with Crippen molar-refractivity contribution in [2.24, 2.45) is 0 Å². The van der Waals surface area contributed by atoms with E-state index in [1.54, 1.807) is 12.3 Å². The molecule has 30 heavy (non-hydrogen) atoms. The Hall–Kier alpha value is -3.23. The zero-order chi connectivity index (χ0) is 21.1. The van der Waals surface area contributed by atoms with Gasteiger partial charge in [0.25, 0.3) is 11.6 Å². The molecule has 3 aromatic rings. The molecule has 4 rings (SSSR count). The molecule has 0 aliphatic carbocycles. The van der Waals surface area contributed by atoms with Crippen molar-refractivity contribution in [2.45, 2.75) is 6.04 Å². The van der Waals surface area contributed by atoms with E-state index < -0.39 is 4.92 Å². The fraction of sp³-hybridized carbons (Fsp3) is 0.318. The molecule has 1 saturated heterocycles. The van der Waals surface area contributed by atoms with Gasteiger partial charge in [0, 0.05) is 62.0 Å². The first-order valence-corrected chi connectivity index (χ1v) is 10.0. The lowest BCUT2D eigenvalue weighted by Gasteiger charge is -2.35. The molecule has 156 valence electrons. The maximum Gasteiger partial charge on any atom is 0.270 e. The molecule has 2 aromatic carbocycles. The molecular formula is C22H25N5O3. The normalized spacial score (nSPS) is 16.4. The number of likely N-dealkylation sites (N-methyl/N-ethyl adjacent to an activating group) is 1. The Labute approximate surface area is 174 Å². The molecule has 8 heteroatoms. The van der Waals surface area contributed by atoms with Crippen molar-refractivity contribution in [1.29, 1.82) is 0 Å². The van der Waals surface area contributed by atoms with Crippen molar-refractivity contribution in [3.05, 3.63) is 76.0 Å². The third-order valence-corrected chi connectivity index (χ3v) is 5.66. The summed E-state index contributed by atoms with van der Waals surface area (Å²) in [6.45, 7) is 4.62. The van der Waals surface area contributed by atoms with Crippen molar-refractivity contribution in [1.82, 2.24) is 20.1 Å². The standard InChI is InChI=1S/C22H25N5O3/c1-25-9-11-26(12-10-25)15-21(16-5-3-2-4-6-16)24-22(28)19-14-23-20-8-7-17(27(29)30)13-18(19)20/h2-8,13-14,21,23H,9-12,15H2,1H3,(H,24,28). The molecule has 0 radical (unpaired) electrons. The Morgan fingerprint density at radius 3 is 2.60 bits per heavy atom. The maximum atomic E-state index is 13.2. The van der Waals surface area contributed by atoms with E-state index in [0.29, 0.717) is 23.0 Å². The van der Waals surface area contributed by atoms with E-state index in [4.69, 9.17) is 0 Å². The predicted molar refractivity (Wildman–Crippen MR) is 116 cm³/mol. The molecular weight excluding hydrogens is 382 g/mol. The summed E-state index contributed by atoms with van der Waals surface area (Å²) in [4.78, 5) is 31.5. The lowest BCUT2D eigenvalue weighted by molar-refractivity contribution is -0.384. The summed E-state index contributed by atoms with van der Waals surface area (Å²) in [6, 6.07) is 14.2. The lowest BCUT2D eigenvalue weighted by atomic mass is 10.0. The van der Waals surface area contributed by atoms with Crippen LogP contribution in [0.4, 0.5) is 5.69 Å². The van der Waals surface area contributed by atoms with E-state index >= 15 is 0 Å². The van der Waals surface area contributed by atoms with Gasteiger partial charge in [0.1, 0.15) is 0 Å². The van der Waals surface area contributed by atoms with Gasteiger partial charge in [0.2, 0.25) is 0 Å². The monoisotopic (exact) mass is 407 g/mol. The van der Waals surface area contributed by atoms with E-state index in [-0.39, 0.29) is 17.6 Å². The highest BCUT2D eigenvalue weighted by atomic mass is 16.6. The summed E-state index contributed by atoms with van der Waals surface area (Å²) in [5.74, 6) is -0.246. The van der Waals surface area contributed by atoms with Crippen LogP contribution in [0.2, 0.25) is 0 Å². The number of nitrogens with one attached hydrogen (secondary N) is 2. The fourth-order valence-electron chi connectivity index (χ4n) is 3.85. The summed E-state index contributed by atoms with van der Waals surface area (Å²) in [6.07, 6.45) is 1.61. The Kier molecular flexibility index (Phi) is 5.78. The quantitative estimate of drug-likeness (QED) is 0.484. The first-order chi connectivity index (χ1) is 14.5. The summed E-state index contributed by atoms with van der Waals surface area (Å²) in [7, 11) is 2.12. The van der Waals surface area contributed by atoms with Crippen LogP contribution in [-0.4, -0.2) is 65.4 Å². The number of benzene rings is 2.